The third-order valence-corrected chi connectivity index (χ3v) is 4.10. The summed E-state index contributed by atoms with van der Waals surface area (Å²) in [6.45, 7) is 11.3. The third kappa shape index (κ3) is 4.18. The van der Waals surface area contributed by atoms with Gasteiger partial charge < -0.3 is 11.1 Å². The molecule has 0 aromatic heterocycles. The van der Waals surface area contributed by atoms with E-state index in [2.05, 4.69) is 37.9 Å². The molecule has 1 saturated carbocycles. The van der Waals surface area contributed by atoms with Crippen LogP contribution in [0, 0.1) is 5.92 Å². The smallest absolute Gasteiger partial charge is 0.239 e. The van der Waals surface area contributed by atoms with Crippen molar-refractivity contribution in [2.24, 2.45) is 11.7 Å². The number of nitrogens with one attached hydrogen (secondary N) is 1. The Morgan fingerprint density at radius 2 is 2.00 bits per heavy atom. The molecule has 0 bridgehead atoms. The average molecular weight is 269 g/mol. The van der Waals surface area contributed by atoms with E-state index in [4.69, 9.17) is 5.73 Å². The van der Waals surface area contributed by atoms with Gasteiger partial charge in [0.1, 0.15) is 5.54 Å². The van der Waals surface area contributed by atoms with Gasteiger partial charge in [0.25, 0.3) is 0 Å². The van der Waals surface area contributed by atoms with Crippen molar-refractivity contribution in [3.8, 4) is 0 Å². The van der Waals surface area contributed by atoms with Crippen LogP contribution in [0.15, 0.2) is 0 Å². The zero-order chi connectivity index (χ0) is 14.5. The van der Waals surface area contributed by atoms with Gasteiger partial charge in [-0.2, -0.15) is 0 Å². The maximum atomic E-state index is 12.1. The molecule has 1 atom stereocenters. The van der Waals surface area contributed by atoms with Gasteiger partial charge >= 0.3 is 0 Å². The third-order valence-electron chi connectivity index (χ3n) is 4.10. The van der Waals surface area contributed by atoms with Crippen LogP contribution in [0.3, 0.4) is 0 Å². The number of carbonyl (C=O) groups excluding carboxylic acids is 1. The molecular formula is C15H31N3O. The maximum Gasteiger partial charge on any atom is 0.239 e. The lowest BCUT2D eigenvalue weighted by molar-refractivity contribution is -0.126. The normalized spacial score (nSPS) is 18.8. The molecule has 112 valence electrons. The van der Waals surface area contributed by atoms with Crippen LogP contribution in [0.25, 0.3) is 0 Å². The summed E-state index contributed by atoms with van der Waals surface area (Å²) < 4.78 is 0. The van der Waals surface area contributed by atoms with Gasteiger partial charge in [-0.15, -0.1) is 0 Å². The summed E-state index contributed by atoms with van der Waals surface area (Å²) in [6, 6.07) is 0.445. The van der Waals surface area contributed by atoms with Gasteiger partial charge in [0.2, 0.25) is 5.91 Å². The van der Waals surface area contributed by atoms with Crippen LogP contribution in [-0.2, 0) is 4.79 Å². The largest absolute Gasteiger partial charge is 0.368 e. The highest BCUT2D eigenvalue weighted by Crippen LogP contribution is 2.40. The molecule has 19 heavy (non-hydrogen) atoms. The van der Waals surface area contributed by atoms with Crippen LogP contribution < -0.4 is 11.1 Å². The van der Waals surface area contributed by atoms with Gasteiger partial charge in [-0.1, -0.05) is 13.8 Å². The van der Waals surface area contributed by atoms with Gasteiger partial charge in [-0.05, 0) is 58.5 Å². The van der Waals surface area contributed by atoms with E-state index in [0.29, 0.717) is 12.0 Å². The topological polar surface area (TPSA) is 58.4 Å². The van der Waals surface area contributed by atoms with Gasteiger partial charge in [-0.25, -0.2) is 0 Å². The van der Waals surface area contributed by atoms with E-state index in [9.17, 15) is 4.79 Å². The Labute approximate surface area is 118 Å². The highest BCUT2D eigenvalue weighted by molar-refractivity contribution is 5.86. The Morgan fingerprint density at radius 3 is 2.37 bits per heavy atom. The molecule has 0 saturated heterocycles. The highest BCUT2D eigenvalue weighted by atomic mass is 16.1. The average Bonchev–Trinajstić information content (AvgIpc) is 3.17. The standard InChI is InChI=1S/C15H31N3O/c1-5-9-17-15(14(16)19,13-7-8-13)11-18(10-6-2)12(3)4/h12-13,17H,5-11H2,1-4H3,(H2,16,19). The fourth-order valence-corrected chi connectivity index (χ4v) is 2.75. The molecule has 4 heteroatoms. The van der Waals surface area contributed by atoms with Crippen LogP contribution in [0.2, 0.25) is 0 Å². The molecule has 1 rings (SSSR count). The number of hydrogen-bond acceptors (Lipinski definition) is 3. The summed E-state index contributed by atoms with van der Waals surface area (Å²) in [4.78, 5) is 14.5. The molecule has 3 N–H and O–H groups in total. The lowest BCUT2D eigenvalue weighted by atomic mass is 9.90. The Hall–Kier alpha value is -0.610. The summed E-state index contributed by atoms with van der Waals surface area (Å²) in [5, 5.41) is 3.47. The number of carbonyl (C=O) groups is 1. The van der Waals surface area contributed by atoms with Gasteiger partial charge in [-0.3, -0.25) is 9.69 Å². The number of hydrogen-bond donors (Lipinski definition) is 2. The van der Waals surface area contributed by atoms with Crippen LogP contribution in [0.4, 0.5) is 0 Å². The first-order valence-electron chi connectivity index (χ1n) is 7.76. The molecule has 1 unspecified atom stereocenters. The van der Waals surface area contributed by atoms with Crippen LogP contribution >= 0.6 is 0 Å². The summed E-state index contributed by atoms with van der Waals surface area (Å²) in [6.07, 6.45) is 4.37. The van der Waals surface area contributed by atoms with Crippen molar-refractivity contribution in [2.45, 2.75) is 65.0 Å². The molecule has 1 aliphatic rings. The summed E-state index contributed by atoms with van der Waals surface area (Å²) >= 11 is 0. The molecule has 0 heterocycles. The maximum absolute atomic E-state index is 12.1. The Morgan fingerprint density at radius 1 is 1.37 bits per heavy atom. The van der Waals surface area contributed by atoms with Crippen molar-refractivity contribution in [2.75, 3.05) is 19.6 Å². The minimum atomic E-state index is -0.518. The van der Waals surface area contributed by atoms with Crippen LogP contribution in [0.1, 0.15) is 53.4 Å². The molecule has 1 amide bonds. The van der Waals surface area contributed by atoms with Crippen LogP contribution in [0.5, 0.6) is 0 Å². The number of amides is 1. The Bertz CT molecular complexity index is 289. The second kappa shape index (κ2) is 7.25. The van der Waals surface area contributed by atoms with Gasteiger partial charge in [0, 0.05) is 12.6 Å². The number of primary amides is 1. The molecule has 1 aliphatic carbocycles. The minimum Gasteiger partial charge on any atom is -0.368 e. The van der Waals surface area contributed by atoms with Crippen molar-refractivity contribution in [1.29, 1.82) is 0 Å². The highest BCUT2D eigenvalue weighted by Gasteiger charge is 2.50. The number of rotatable bonds is 10. The first-order chi connectivity index (χ1) is 8.97. The van der Waals surface area contributed by atoms with Crippen molar-refractivity contribution in [3.05, 3.63) is 0 Å². The van der Waals surface area contributed by atoms with Gasteiger partial charge in [0.15, 0.2) is 0 Å². The molecule has 0 aromatic carbocycles. The fourth-order valence-electron chi connectivity index (χ4n) is 2.75. The molecule has 1 fully saturated rings. The Kier molecular flexibility index (Phi) is 6.27. The molecule has 0 aromatic rings. The first kappa shape index (κ1) is 16.4. The molecular weight excluding hydrogens is 238 g/mol. The van der Waals surface area contributed by atoms with Crippen molar-refractivity contribution < 1.29 is 4.79 Å². The predicted octanol–water partition coefficient (Wildman–Crippen LogP) is 1.74. The van der Waals surface area contributed by atoms with E-state index in [1.807, 2.05) is 0 Å². The van der Waals surface area contributed by atoms with Crippen molar-refractivity contribution in [3.63, 3.8) is 0 Å². The van der Waals surface area contributed by atoms with Crippen LogP contribution in [-0.4, -0.2) is 42.0 Å². The van der Waals surface area contributed by atoms with E-state index in [1.165, 1.54) is 0 Å². The first-order valence-corrected chi connectivity index (χ1v) is 7.76. The summed E-state index contributed by atoms with van der Waals surface area (Å²) in [7, 11) is 0. The summed E-state index contributed by atoms with van der Waals surface area (Å²) in [5.74, 6) is 0.250. The van der Waals surface area contributed by atoms with Gasteiger partial charge in [0.05, 0.1) is 0 Å². The quantitative estimate of drug-likeness (QED) is 0.635. The van der Waals surface area contributed by atoms with E-state index >= 15 is 0 Å². The SMILES string of the molecule is CCCNC(CN(CCC)C(C)C)(C(N)=O)C1CC1. The van der Waals surface area contributed by atoms with E-state index in [-0.39, 0.29) is 5.91 Å². The Balaban J connectivity index is 2.84. The fraction of sp³-hybridized carbons (Fsp3) is 0.933. The van der Waals surface area contributed by atoms with E-state index in [1.54, 1.807) is 0 Å². The summed E-state index contributed by atoms with van der Waals surface area (Å²) in [5.41, 5.74) is 5.25. The molecule has 0 spiro atoms. The second-order valence-corrected chi connectivity index (χ2v) is 6.10. The zero-order valence-electron chi connectivity index (χ0n) is 13.0. The molecule has 0 aliphatic heterocycles. The predicted molar refractivity (Wildman–Crippen MR) is 79.9 cm³/mol. The van der Waals surface area contributed by atoms with E-state index < -0.39 is 5.54 Å². The second-order valence-electron chi connectivity index (χ2n) is 6.10. The lowest BCUT2D eigenvalue weighted by Crippen LogP contribution is -2.64. The lowest BCUT2D eigenvalue weighted by Gasteiger charge is -2.39. The number of nitrogens with two attached hydrogens (primary N) is 1. The van der Waals surface area contributed by atoms with Crippen molar-refractivity contribution in [1.82, 2.24) is 10.2 Å². The zero-order valence-corrected chi connectivity index (χ0v) is 13.0. The molecule has 4 nitrogen and oxygen atoms in total. The van der Waals surface area contributed by atoms with Crippen molar-refractivity contribution >= 4 is 5.91 Å². The number of nitrogens with zero attached hydrogens (tertiary/aromatic N) is 1. The monoisotopic (exact) mass is 269 g/mol. The van der Waals surface area contributed by atoms with E-state index in [0.717, 1.165) is 45.3 Å². The minimum absolute atomic E-state index is 0.176. The molecule has 0 radical (unpaired) electrons.